The Morgan fingerprint density at radius 1 is 1.13 bits per heavy atom. The van der Waals surface area contributed by atoms with Crippen molar-refractivity contribution in [2.45, 2.75) is 6.54 Å². The van der Waals surface area contributed by atoms with Crippen molar-refractivity contribution < 1.29 is 28.3 Å². The molecule has 2 aliphatic rings. The number of carbonyl (C=O) groups excluding carboxylic acids is 1. The summed E-state index contributed by atoms with van der Waals surface area (Å²) < 4.78 is 30.0. The van der Waals surface area contributed by atoms with Crippen LogP contribution < -0.4 is 19.1 Å². The molecule has 158 valence electrons. The molecule has 1 fully saturated rings. The highest BCUT2D eigenvalue weighted by molar-refractivity contribution is 5.91. The summed E-state index contributed by atoms with van der Waals surface area (Å²) in [6.45, 7) is 4.71. The molecule has 0 saturated carbocycles. The quantitative estimate of drug-likeness (QED) is 0.756. The molecule has 0 spiro atoms. The summed E-state index contributed by atoms with van der Waals surface area (Å²) in [6, 6.07) is 10.2. The average molecular weight is 413 g/mol. The van der Waals surface area contributed by atoms with E-state index in [2.05, 4.69) is 0 Å². The molecule has 1 N–H and O–H groups in total. The minimum absolute atomic E-state index is 0.00715. The molecular formula is C23H26FN2O4+. The zero-order chi connectivity index (χ0) is 20.9. The lowest BCUT2D eigenvalue weighted by Gasteiger charge is -2.32. The van der Waals surface area contributed by atoms with Gasteiger partial charge >= 0.3 is 0 Å². The maximum absolute atomic E-state index is 13.6. The van der Waals surface area contributed by atoms with Gasteiger partial charge in [-0.05, 0) is 42.0 Å². The Balaban J connectivity index is 1.31. The molecule has 0 aromatic heterocycles. The molecule has 6 nitrogen and oxygen atoms in total. The van der Waals surface area contributed by atoms with Crippen molar-refractivity contribution in [2.75, 3.05) is 46.5 Å². The van der Waals surface area contributed by atoms with E-state index in [0.717, 1.165) is 30.0 Å². The number of piperazine rings is 1. The zero-order valence-electron chi connectivity index (χ0n) is 17.0. The Labute approximate surface area is 175 Å². The van der Waals surface area contributed by atoms with Crippen molar-refractivity contribution in [3.05, 3.63) is 59.4 Å². The van der Waals surface area contributed by atoms with E-state index in [1.165, 1.54) is 17.0 Å². The van der Waals surface area contributed by atoms with Gasteiger partial charge in [-0.1, -0.05) is 6.07 Å². The third-order valence-corrected chi connectivity index (χ3v) is 5.45. The summed E-state index contributed by atoms with van der Waals surface area (Å²) >= 11 is 0. The molecule has 7 heteroatoms. The number of methoxy groups -OCH3 is 1. The molecule has 2 heterocycles. The van der Waals surface area contributed by atoms with E-state index < -0.39 is 0 Å². The normalized spacial score (nSPS) is 16.7. The van der Waals surface area contributed by atoms with Crippen molar-refractivity contribution in [2.24, 2.45) is 0 Å². The molecule has 2 aromatic rings. The summed E-state index contributed by atoms with van der Waals surface area (Å²) in [5.41, 5.74) is 1.75. The summed E-state index contributed by atoms with van der Waals surface area (Å²) in [7, 11) is 1.59. The Morgan fingerprint density at radius 2 is 1.90 bits per heavy atom. The van der Waals surface area contributed by atoms with Crippen LogP contribution in [0.3, 0.4) is 0 Å². The zero-order valence-corrected chi connectivity index (χ0v) is 17.0. The number of ether oxygens (including phenoxy) is 3. The van der Waals surface area contributed by atoms with E-state index >= 15 is 0 Å². The lowest BCUT2D eigenvalue weighted by atomic mass is 10.1. The molecule has 4 rings (SSSR count). The first-order valence-electron chi connectivity index (χ1n) is 10.1. The van der Waals surface area contributed by atoms with Crippen LogP contribution in [0.5, 0.6) is 17.2 Å². The van der Waals surface area contributed by atoms with Crippen molar-refractivity contribution >= 4 is 12.0 Å². The van der Waals surface area contributed by atoms with Gasteiger partial charge in [-0.15, -0.1) is 0 Å². The Hall–Kier alpha value is -3.06. The minimum Gasteiger partial charge on any atom is -0.496 e. The fourth-order valence-electron chi connectivity index (χ4n) is 3.81. The number of fused-ring (bicyclic) bond motifs is 1. The van der Waals surface area contributed by atoms with Crippen molar-refractivity contribution in [3.8, 4) is 17.2 Å². The molecule has 2 aromatic carbocycles. The standard InChI is InChI=1S/C23H25FN2O4/c1-28-20-6-4-19(24)15-18(20)16-25-8-10-26(11-9-25)23(27)7-3-17-2-5-21-22(14-17)30-13-12-29-21/h2-7,14-15H,8-13,16H2,1H3/p+1/b7-3+. The minimum atomic E-state index is -0.261. The summed E-state index contributed by atoms with van der Waals surface area (Å²) in [5, 5.41) is 0. The first-order chi connectivity index (χ1) is 14.6. The van der Waals surface area contributed by atoms with E-state index in [-0.39, 0.29) is 11.7 Å². The van der Waals surface area contributed by atoms with Crippen LogP contribution in [0, 0.1) is 5.82 Å². The lowest BCUT2D eigenvalue weighted by Crippen LogP contribution is -3.13. The number of benzene rings is 2. The fraction of sp³-hybridized carbons (Fsp3) is 0.348. The van der Waals surface area contributed by atoms with Crippen LogP contribution in [0.2, 0.25) is 0 Å². The molecule has 0 aliphatic carbocycles. The average Bonchev–Trinajstić information content (AvgIpc) is 2.78. The third kappa shape index (κ3) is 4.74. The van der Waals surface area contributed by atoms with Gasteiger partial charge in [0.2, 0.25) is 5.91 Å². The van der Waals surface area contributed by atoms with Gasteiger partial charge < -0.3 is 24.0 Å². The number of carbonyl (C=O) groups is 1. The summed E-state index contributed by atoms with van der Waals surface area (Å²) in [5.74, 6) is 1.87. The maximum atomic E-state index is 13.6. The number of halogens is 1. The maximum Gasteiger partial charge on any atom is 0.246 e. The predicted octanol–water partition coefficient (Wildman–Crippen LogP) is 1.55. The van der Waals surface area contributed by atoms with Crippen LogP contribution in [-0.2, 0) is 11.3 Å². The summed E-state index contributed by atoms with van der Waals surface area (Å²) in [6.07, 6.45) is 3.41. The SMILES string of the molecule is COc1ccc(F)cc1C[NH+]1CCN(C(=O)/C=C/c2ccc3c(c2)OCCO3)CC1. The first kappa shape index (κ1) is 20.2. The number of hydrogen-bond donors (Lipinski definition) is 1. The smallest absolute Gasteiger partial charge is 0.246 e. The highest BCUT2D eigenvalue weighted by Crippen LogP contribution is 2.31. The van der Waals surface area contributed by atoms with E-state index in [1.807, 2.05) is 23.1 Å². The van der Waals surface area contributed by atoms with Crippen LogP contribution >= 0.6 is 0 Å². The number of rotatable bonds is 5. The van der Waals surface area contributed by atoms with Gasteiger partial charge in [0.15, 0.2) is 11.5 Å². The highest BCUT2D eigenvalue weighted by atomic mass is 19.1. The largest absolute Gasteiger partial charge is 0.496 e. The monoisotopic (exact) mass is 413 g/mol. The van der Waals surface area contributed by atoms with Crippen molar-refractivity contribution in [1.82, 2.24) is 4.90 Å². The molecule has 0 atom stereocenters. The molecule has 1 saturated heterocycles. The molecule has 0 bridgehead atoms. The number of quaternary nitrogens is 1. The number of hydrogen-bond acceptors (Lipinski definition) is 4. The van der Waals surface area contributed by atoms with Gasteiger partial charge in [0.05, 0.1) is 38.9 Å². The Bertz CT molecular complexity index is 939. The van der Waals surface area contributed by atoms with Gasteiger partial charge in [-0.2, -0.15) is 0 Å². The topological polar surface area (TPSA) is 52.4 Å². The van der Waals surface area contributed by atoms with E-state index in [4.69, 9.17) is 14.2 Å². The lowest BCUT2D eigenvalue weighted by molar-refractivity contribution is -0.917. The summed E-state index contributed by atoms with van der Waals surface area (Å²) in [4.78, 5) is 15.7. The van der Waals surface area contributed by atoms with Crippen LogP contribution in [-0.4, -0.2) is 57.3 Å². The third-order valence-electron chi connectivity index (χ3n) is 5.45. The number of nitrogens with one attached hydrogen (secondary N) is 1. The Morgan fingerprint density at radius 3 is 2.67 bits per heavy atom. The predicted molar refractivity (Wildman–Crippen MR) is 110 cm³/mol. The first-order valence-corrected chi connectivity index (χ1v) is 10.1. The molecule has 0 unspecified atom stereocenters. The second kappa shape index (κ2) is 9.17. The van der Waals surface area contributed by atoms with Crippen LogP contribution in [0.4, 0.5) is 4.39 Å². The Kier molecular flexibility index (Phi) is 6.18. The second-order valence-electron chi connectivity index (χ2n) is 7.44. The van der Waals surface area contributed by atoms with Gasteiger partial charge in [0.25, 0.3) is 0 Å². The second-order valence-corrected chi connectivity index (χ2v) is 7.44. The molecule has 0 radical (unpaired) electrons. The molecule has 2 aliphatic heterocycles. The van der Waals surface area contributed by atoms with Gasteiger partial charge in [-0.3, -0.25) is 4.79 Å². The molecule has 1 amide bonds. The highest BCUT2D eigenvalue weighted by Gasteiger charge is 2.23. The van der Waals surface area contributed by atoms with E-state index in [9.17, 15) is 9.18 Å². The van der Waals surface area contributed by atoms with E-state index in [1.54, 1.807) is 25.3 Å². The van der Waals surface area contributed by atoms with Gasteiger partial charge in [0, 0.05) is 6.08 Å². The van der Waals surface area contributed by atoms with Crippen molar-refractivity contribution in [3.63, 3.8) is 0 Å². The van der Waals surface area contributed by atoms with Gasteiger partial charge in [0.1, 0.15) is 31.3 Å². The van der Waals surface area contributed by atoms with Crippen LogP contribution in [0.25, 0.3) is 6.08 Å². The number of amides is 1. The van der Waals surface area contributed by atoms with Gasteiger partial charge in [-0.25, -0.2) is 4.39 Å². The van der Waals surface area contributed by atoms with E-state index in [0.29, 0.717) is 44.3 Å². The molecular weight excluding hydrogens is 387 g/mol. The number of nitrogens with zero attached hydrogens (tertiary/aromatic N) is 1. The van der Waals surface area contributed by atoms with Crippen molar-refractivity contribution in [1.29, 1.82) is 0 Å². The van der Waals surface area contributed by atoms with Crippen LogP contribution in [0.15, 0.2) is 42.5 Å². The molecule has 30 heavy (non-hydrogen) atoms. The van der Waals surface area contributed by atoms with Crippen LogP contribution in [0.1, 0.15) is 11.1 Å². The fourth-order valence-corrected chi connectivity index (χ4v) is 3.81.